The molecule has 0 atom stereocenters. The Morgan fingerprint density at radius 3 is 2.65 bits per heavy atom. The molecule has 0 fully saturated rings. The van der Waals surface area contributed by atoms with Crippen molar-refractivity contribution >= 4 is 25.6 Å². The van der Waals surface area contributed by atoms with Gasteiger partial charge in [-0.1, -0.05) is 13.3 Å². The summed E-state index contributed by atoms with van der Waals surface area (Å²) in [6, 6.07) is 1.14. The summed E-state index contributed by atoms with van der Waals surface area (Å²) in [6.07, 6.45) is 1.81. The zero-order valence-corrected chi connectivity index (χ0v) is 11.2. The van der Waals surface area contributed by atoms with Crippen LogP contribution in [0.2, 0.25) is 0 Å². The first kappa shape index (κ1) is 14.1. The number of carbonyl (C=O) groups excluding carboxylic acids is 1. The van der Waals surface area contributed by atoms with Crippen LogP contribution in [0, 0.1) is 6.92 Å². The molecular weight excluding hydrogens is 266 g/mol. The van der Waals surface area contributed by atoms with Crippen LogP contribution in [0.4, 0.5) is 0 Å². The van der Waals surface area contributed by atoms with Crippen molar-refractivity contribution in [3.8, 4) is 0 Å². The second kappa shape index (κ2) is 5.55. The van der Waals surface area contributed by atoms with E-state index in [1.165, 1.54) is 6.92 Å². The summed E-state index contributed by atoms with van der Waals surface area (Å²) in [5.74, 6) is -0.369. The molecule has 0 aliphatic rings. The summed E-state index contributed by atoms with van der Waals surface area (Å²) < 4.78 is 27.3. The SMILES string of the molecule is CCCCNC(=O)c1cc(S(=O)(=O)Cl)c(C)o1. The van der Waals surface area contributed by atoms with Crippen molar-refractivity contribution < 1.29 is 17.6 Å². The molecule has 5 nitrogen and oxygen atoms in total. The number of furan rings is 1. The summed E-state index contributed by atoms with van der Waals surface area (Å²) in [4.78, 5) is 11.4. The number of hydrogen-bond donors (Lipinski definition) is 1. The van der Waals surface area contributed by atoms with Crippen LogP contribution in [0.1, 0.15) is 36.1 Å². The fourth-order valence-electron chi connectivity index (χ4n) is 1.29. The fraction of sp³-hybridized carbons (Fsp3) is 0.500. The van der Waals surface area contributed by atoms with Crippen LogP contribution in [-0.4, -0.2) is 20.9 Å². The van der Waals surface area contributed by atoms with Crippen molar-refractivity contribution in [2.24, 2.45) is 0 Å². The standard InChI is InChI=1S/C10H14ClNO4S/c1-3-4-5-12-10(13)8-6-9(7(2)16-8)17(11,14)15/h6H,3-5H2,1-2H3,(H,12,13). The van der Waals surface area contributed by atoms with Crippen molar-refractivity contribution in [2.45, 2.75) is 31.6 Å². The van der Waals surface area contributed by atoms with E-state index in [2.05, 4.69) is 5.32 Å². The quantitative estimate of drug-likeness (QED) is 0.661. The van der Waals surface area contributed by atoms with Gasteiger partial charge >= 0.3 is 0 Å². The van der Waals surface area contributed by atoms with Gasteiger partial charge < -0.3 is 9.73 Å². The number of unbranched alkanes of at least 4 members (excludes halogenated alkanes) is 1. The van der Waals surface area contributed by atoms with Crippen molar-refractivity contribution in [1.29, 1.82) is 0 Å². The van der Waals surface area contributed by atoms with Gasteiger partial charge in [-0.3, -0.25) is 4.79 Å². The Morgan fingerprint density at radius 1 is 1.53 bits per heavy atom. The van der Waals surface area contributed by atoms with E-state index in [0.717, 1.165) is 18.9 Å². The predicted molar refractivity (Wildman–Crippen MR) is 63.7 cm³/mol. The van der Waals surface area contributed by atoms with E-state index in [1.807, 2.05) is 6.92 Å². The van der Waals surface area contributed by atoms with Gasteiger partial charge in [-0.2, -0.15) is 0 Å². The summed E-state index contributed by atoms with van der Waals surface area (Å²) in [5.41, 5.74) is 0. The van der Waals surface area contributed by atoms with Gasteiger partial charge in [0.2, 0.25) is 0 Å². The minimum atomic E-state index is -3.87. The molecule has 1 aromatic rings. The van der Waals surface area contributed by atoms with Gasteiger partial charge in [0.25, 0.3) is 15.0 Å². The van der Waals surface area contributed by atoms with Crippen LogP contribution in [-0.2, 0) is 9.05 Å². The molecule has 1 N–H and O–H groups in total. The van der Waals surface area contributed by atoms with Crippen molar-refractivity contribution in [3.05, 3.63) is 17.6 Å². The van der Waals surface area contributed by atoms with E-state index in [1.54, 1.807) is 0 Å². The molecule has 7 heteroatoms. The molecule has 1 aromatic heterocycles. The monoisotopic (exact) mass is 279 g/mol. The average Bonchev–Trinajstić information content (AvgIpc) is 2.60. The molecule has 0 aliphatic heterocycles. The van der Waals surface area contributed by atoms with Gasteiger partial charge in [0, 0.05) is 23.3 Å². The third-order valence-electron chi connectivity index (χ3n) is 2.17. The summed E-state index contributed by atoms with van der Waals surface area (Å²) in [6.45, 7) is 3.97. The molecule has 0 saturated heterocycles. The molecule has 0 radical (unpaired) electrons. The number of rotatable bonds is 5. The molecule has 1 rings (SSSR count). The Kier molecular flexibility index (Phi) is 4.59. The van der Waals surface area contributed by atoms with Gasteiger partial charge in [-0.25, -0.2) is 8.42 Å². The molecule has 1 heterocycles. The third kappa shape index (κ3) is 3.74. The highest BCUT2D eigenvalue weighted by Crippen LogP contribution is 2.23. The van der Waals surface area contributed by atoms with E-state index in [0.29, 0.717) is 6.54 Å². The predicted octanol–water partition coefficient (Wildman–Crippen LogP) is 2.05. The lowest BCUT2D eigenvalue weighted by Crippen LogP contribution is -2.23. The Balaban J connectivity index is 2.83. The second-order valence-electron chi connectivity index (χ2n) is 3.58. The largest absolute Gasteiger partial charge is 0.455 e. The highest BCUT2D eigenvalue weighted by Gasteiger charge is 2.21. The number of amides is 1. The van der Waals surface area contributed by atoms with Crippen molar-refractivity contribution in [1.82, 2.24) is 5.32 Å². The summed E-state index contributed by atoms with van der Waals surface area (Å²) in [5, 5.41) is 2.62. The maximum absolute atomic E-state index is 11.6. The summed E-state index contributed by atoms with van der Waals surface area (Å²) >= 11 is 0. The van der Waals surface area contributed by atoms with Gasteiger partial charge in [0.1, 0.15) is 10.7 Å². The van der Waals surface area contributed by atoms with Gasteiger partial charge in [-0.15, -0.1) is 0 Å². The molecule has 0 aromatic carbocycles. The van der Waals surface area contributed by atoms with Crippen molar-refractivity contribution in [3.63, 3.8) is 0 Å². The molecule has 0 saturated carbocycles. The molecule has 0 aliphatic carbocycles. The van der Waals surface area contributed by atoms with Crippen LogP contribution in [0.5, 0.6) is 0 Å². The highest BCUT2D eigenvalue weighted by molar-refractivity contribution is 8.13. The van der Waals surface area contributed by atoms with Gasteiger partial charge in [0.15, 0.2) is 5.76 Å². The van der Waals surface area contributed by atoms with E-state index < -0.39 is 15.0 Å². The third-order valence-corrected chi connectivity index (χ3v) is 3.60. The number of halogens is 1. The normalized spacial score (nSPS) is 11.5. The minimum Gasteiger partial charge on any atom is -0.455 e. The van der Waals surface area contributed by atoms with E-state index >= 15 is 0 Å². The number of nitrogens with one attached hydrogen (secondary N) is 1. The molecule has 1 amide bonds. The van der Waals surface area contributed by atoms with E-state index in [9.17, 15) is 13.2 Å². The first-order chi connectivity index (χ1) is 7.86. The number of hydrogen-bond acceptors (Lipinski definition) is 4. The maximum Gasteiger partial charge on any atom is 0.287 e. The Labute approximate surface area is 105 Å². The maximum atomic E-state index is 11.6. The fourth-order valence-corrected chi connectivity index (χ4v) is 2.38. The first-order valence-corrected chi connectivity index (χ1v) is 7.50. The molecule has 0 spiro atoms. The highest BCUT2D eigenvalue weighted by atomic mass is 35.7. The molecular formula is C10H14ClNO4S. The van der Waals surface area contributed by atoms with Gasteiger partial charge in [-0.05, 0) is 13.3 Å². The van der Waals surface area contributed by atoms with E-state index in [4.69, 9.17) is 15.1 Å². The molecule has 96 valence electrons. The lowest BCUT2D eigenvalue weighted by Gasteiger charge is -2.00. The minimum absolute atomic E-state index is 0.0437. The zero-order chi connectivity index (χ0) is 13.1. The molecule has 17 heavy (non-hydrogen) atoms. The molecule has 0 unspecified atom stereocenters. The second-order valence-corrected chi connectivity index (χ2v) is 6.11. The lowest BCUT2D eigenvalue weighted by atomic mass is 10.3. The Hall–Kier alpha value is -1.01. The topological polar surface area (TPSA) is 76.4 Å². The Morgan fingerprint density at radius 2 is 2.18 bits per heavy atom. The van der Waals surface area contributed by atoms with Gasteiger partial charge in [0.05, 0.1) is 0 Å². The number of aryl methyl sites for hydroxylation is 1. The smallest absolute Gasteiger partial charge is 0.287 e. The summed E-state index contributed by atoms with van der Waals surface area (Å²) in [7, 11) is 1.32. The van der Waals surface area contributed by atoms with Crippen LogP contribution in [0.25, 0.3) is 0 Å². The van der Waals surface area contributed by atoms with Crippen LogP contribution in [0.3, 0.4) is 0 Å². The Bertz CT molecular complexity index is 506. The van der Waals surface area contributed by atoms with Crippen LogP contribution < -0.4 is 5.32 Å². The lowest BCUT2D eigenvalue weighted by molar-refractivity contribution is 0.0924. The van der Waals surface area contributed by atoms with Crippen LogP contribution >= 0.6 is 10.7 Å². The van der Waals surface area contributed by atoms with E-state index in [-0.39, 0.29) is 16.4 Å². The first-order valence-electron chi connectivity index (χ1n) is 5.19. The molecule has 0 bridgehead atoms. The van der Waals surface area contributed by atoms with Crippen molar-refractivity contribution in [2.75, 3.05) is 6.54 Å². The van der Waals surface area contributed by atoms with Crippen LogP contribution in [0.15, 0.2) is 15.4 Å². The zero-order valence-electron chi connectivity index (χ0n) is 9.62. The number of carbonyl (C=O) groups is 1. The average molecular weight is 280 g/mol.